The average Bonchev–Trinajstić information content (AvgIpc) is 2.48. The van der Waals surface area contributed by atoms with Gasteiger partial charge in [-0.25, -0.2) is 0 Å². The first-order valence-electron chi connectivity index (χ1n) is 6.41. The van der Waals surface area contributed by atoms with Gasteiger partial charge in [-0.05, 0) is 47.2 Å². The van der Waals surface area contributed by atoms with E-state index >= 15 is 0 Å². The Labute approximate surface area is 141 Å². The Morgan fingerprint density at radius 2 is 2.00 bits per heavy atom. The van der Waals surface area contributed by atoms with Crippen LogP contribution in [0.1, 0.15) is 13.3 Å². The number of nitrogens with zero attached hydrogens (tertiary/aromatic N) is 3. The summed E-state index contributed by atoms with van der Waals surface area (Å²) in [5.74, 6) is 0.809. The maximum Gasteiger partial charge on any atom is 0.323 e. The molecule has 1 aromatic carbocycles. The maximum atomic E-state index is 6.19. The monoisotopic (exact) mass is 419 g/mol. The normalized spacial score (nSPS) is 10.3. The van der Waals surface area contributed by atoms with E-state index in [0.717, 1.165) is 15.7 Å². The van der Waals surface area contributed by atoms with Gasteiger partial charge in [-0.2, -0.15) is 15.0 Å². The lowest BCUT2D eigenvalue weighted by Gasteiger charge is -2.10. The number of hydrogen-bond acceptors (Lipinski definition) is 6. The third kappa shape index (κ3) is 4.57. The molecule has 6 nitrogen and oxygen atoms in total. The zero-order valence-electron chi connectivity index (χ0n) is 11.7. The number of rotatable bonds is 6. The Hall–Kier alpha value is -1.35. The van der Waals surface area contributed by atoms with Crippen LogP contribution < -0.4 is 15.4 Å². The topological polar surface area (TPSA) is 72.0 Å². The van der Waals surface area contributed by atoms with Gasteiger partial charge in [0.15, 0.2) is 0 Å². The zero-order valence-corrected chi connectivity index (χ0v) is 14.6. The molecule has 2 aromatic rings. The highest BCUT2D eigenvalue weighted by atomic mass is 127. The van der Waals surface area contributed by atoms with Crippen molar-refractivity contribution >= 4 is 51.8 Å². The molecule has 0 spiro atoms. The Balaban J connectivity index is 2.25. The molecule has 21 heavy (non-hydrogen) atoms. The quantitative estimate of drug-likeness (QED) is 0.696. The second-order valence-corrected chi connectivity index (χ2v) is 5.77. The van der Waals surface area contributed by atoms with Crippen molar-refractivity contribution in [2.75, 3.05) is 24.3 Å². The van der Waals surface area contributed by atoms with Crippen molar-refractivity contribution in [1.29, 1.82) is 0 Å². The fourth-order valence-corrected chi connectivity index (χ4v) is 2.40. The summed E-state index contributed by atoms with van der Waals surface area (Å²) in [5.41, 5.74) is 0.728. The minimum absolute atomic E-state index is 0.278. The molecule has 1 heterocycles. The molecule has 8 heteroatoms. The molecule has 2 rings (SSSR count). The molecule has 0 aliphatic rings. The van der Waals surface area contributed by atoms with Crippen LogP contribution in [0.25, 0.3) is 0 Å². The van der Waals surface area contributed by atoms with E-state index in [0.29, 0.717) is 23.5 Å². The van der Waals surface area contributed by atoms with Gasteiger partial charge >= 0.3 is 6.01 Å². The molecule has 0 aliphatic carbocycles. The number of benzene rings is 1. The number of anilines is 3. The number of ether oxygens (including phenoxy) is 1. The van der Waals surface area contributed by atoms with Crippen LogP contribution in [0.4, 0.5) is 17.6 Å². The summed E-state index contributed by atoms with van der Waals surface area (Å²) in [5, 5.41) is 6.55. The molecule has 0 atom stereocenters. The van der Waals surface area contributed by atoms with Crippen LogP contribution in [-0.4, -0.2) is 28.6 Å². The predicted molar refractivity (Wildman–Crippen MR) is 92.6 cm³/mol. The Bertz CT molecular complexity index is 626. The van der Waals surface area contributed by atoms with Crippen LogP contribution in [0.5, 0.6) is 6.01 Å². The zero-order chi connectivity index (χ0) is 15.2. The molecule has 1 aromatic heterocycles. The molecule has 2 N–H and O–H groups in total. The van der Waals surface area contributed by atoms with Crippen molar-refractivity contribution in [3.63, 3.8) is 0 Å². The molecule has 0 amide bonds. The summed E-state index contributed by atoms with van der Waals surface area (Å²) in [7, 11) is 1.74. The van der Waals surface area contributed by atoms with Gasteiger partial charge in [0.2, 0.25) is 11.9 Å². The molecule has 0 radical (unpaired) electrons. The van der Waals surface area contributed by atoms with Gasteiger partial charge in [0.25, 0.3) is 0 Å². The molecule has 0 aliphatic heterocycles. The van der Waals surface area contributed by atoms with Crippen molar-refractivity contribution in [2.45, 2.75) is 13.3 Å². The SMILES string of the molecule is CCCOc1nc(NC)nc(Nc2ccc(I)cc2Cl)n1. The molecule has 112 valence electrons. The number of halogens is 2. The maximum absolute atomic E-state index is 6.19. The van der Waals surface area contributed by atoms with Crippen LogP contribution in [0.3, 0.4) is 0 Å². The van der Waals surface area contributed by atoms with E-state index in [1.54, 1.807) is 7.05 Å². The summed E-state index contributed by atoms with van der Waals surface area (Å²) in [6, 6.07) is 5.96. The Morgan fingerprint density at radius 3 is 2.67 bits per heavy atom. The van der Waals surface area contributed by atoms with Crippen molar-refractivity contribution in [1.82, 2.24) is 15.0 Å². The van der Waals surface area contributed by atoms with Crippen molar-refractivity contribution < 1.29 is 4.74 Å². The van der Waals surface area contributed by atoms with Gasteiger partial charge in [0.05, 0.1) is 17.3 Å². The fourth-order valence-electron chi connectivity index (χ4n) is 1.49. The van der Waals surface area contributed by atoms with Gasteiger partial charge in [-0.3, -0.25) is 0 Å². The number of hydrogen-bond donors (Lipinski definition) is 2. The van der Waals surface area contributed by atoms with Gasteiger partial charge in [0, 0.05) is 10.6 Å². The Morgan fingerprint density at radius 1 is 1.24 bits per heavy atom. The van der Waals surface area contributed by atoms with E-state index in [2.05, 4.69) is 48.2 Å². The van der Waals surface area contributed by atoms with Crippen LogP contribution >= 0.6 is 34.2 Å². The van der Waals surface area contributed by atoms with Gasteiger partial charge in [0.1, 0.15) is 0 Å². The summed E-state index contributed by atoms with van der Waals surface area (Å²) in [6.07, 6.45) is 0.881. The second-order valence-electron chi connectivity index (χ2n) is 4.11. The highest BCUT2D eigenvalue weighted by Crippen LogP contribution is 2.26. The lowest BCUT2D eigenvalue weighted by Crippen LogP contribution is -2.07. The second kappa shape index (κ2) is 7.60. The summed E-state index contributed by atoms with van der Waals surface area (Å²) in [6.45, 7) is 2.57. The first-order chi connectivity index (χ1) is 10.1. The van der Waals surface area contributed by atoms with Crippen molar-refractivity contribution in [3.8, 4) is 6.01 Å². The third-order valence-electron chi connectivity index (χ3n) is 2.45. The Kier molecular flexibility index (Phi) is 5.80. The predicted octanol–water partition coefficient (Wildman–Crippen LogP) is 3.70. The smallest absolute Gasteiger partial charge is 0.323 e. The van der Waals surface area contributed by atoms with Crippen LogP contribution in [0.2, 0.25) is 5.02 Å². The van der Waals surface area contributed by atoms with Gasteiger partial charge in [-0.1, -0.05) is 18.5 Å². The lowest BCUT2D eigenvalue weighted by atomic mass is 10.3. The van der Waals surface area contributed by atoms with E-state index in [4.69, 9.17) is 16.3 Å². The van der Waals surface area contributed by atoms with Gasteiger partial charge < -0.3 is 15.4 Å². The lowest BCUT2D eigenvalue weighted by molar-refractivity contribution is 0.292. The average molecular weight is 420 g/mol. The minimum atomic E-state index is 0.278. The molecular formula is C13H15ClIN5O. The molecule has 0 saturated carbocycles. The molecule has 0 saturated heterocycles. The summed E-state index contributed by atoms with van der Waals surface area (Å²) < 4.78 is 6.51. The molecule has 0 fully saturated rings. The number of nitrogens with one attached hydrogen (secondary N) is 2. The van der Waals surface area contributed by atoms with E-state index < -0.39 is 0 Å². The first-order valence-corrected chi connectivity index (χ1v) is 7.86. The first kappa shape index (κ1) is 16.0. The summed E-state index contributed by atoms with van der Waals surface area (Å²) >= 11 is 8.39. The minimum Gasteiger partial charge on any atom is -0.463 e. The van der Waals surface area contributed by atoms with Crippen LogP contribution in [0.15, 0.2) is 18.2 Å². The standard InChI is InChI=1S/C13H15ClIN5O/c1-3-6-21-13-19-11(16-2)18-12(20-13)17-10-5-4-8(15)7-9(10)14/h4-5,7H,3,6H2,1-2H3,(H2,16,17,18,19,20). The highest BCUT2D eigenvalue weighted by Gasteiger charge is 2.09. The molecular weight excluding hydrogens is 405 g/mol. The number of aromatic nitrogens is 3. The van der Waals surface area contributed by atoms with E-state index in [-0.39, 0.29) is 6.01 Å². The van der Waals surface area contributed by atoms with Gasteiger partial charge in [-0.15, -0.1) is 0 Å². The largest absolute Gasteiger partial charge is 0.463 e. The van der Waals surface area contributed by atoms with Crippen LogP contribution in [0, 0.1) is 3.57 Å². The fraction of sp³-hybridized carbons (Fsp3) is 0.308. The third-order valence-corrected chi connectivity index (χ3v) is 3.44. The van der Waals surface area contributed by atoms with Crippen LogP contribution in [-0.2, 0) is 0 Å². The summed E-state index contributed by atoms with van der Waals surface area (Å²) in [4.78, 5) is 12.6. The van der Waals surface area contributed by atoms with Crippen molar-refractivity contribution in [2.24, 2.45) is 0 Å². The van der Waals surface area contributed by atoms with E-state index in [1.807, 2.05) is 25.1 Å². The van der Waals surface area contributed by atoms with E-state index in [1.165, 1.54) is 0 Å². The molecule has 0 unspecified atom stereocenters. The van der Waals surface area contributed by atoms with Crippen molar-refractivity contribution in [3.05, 3.63) is 26.8 Å². The highest BCUT2D eigenvalue weighted by molar-refractivity contribution is 14.1. The molecule has 0 bridgehead atoms. The van der Waals surface area contributed by atoms with E-state index in [9.17, 15) is 0 Å².